The average molecular weight is 345 g/mol. The highest BCUT2D eigenvalue weighted by Crippen LogP contribution is 2.21. The lowest BCUT2D eigenvalue weighted by Crippen LogP contribution is -2.21. The van der Waals surface area contributed by atoms with Gasteiger partial charge in [-0.3, -0.25) is 9.59 Å². The number of rotatable bonds is 7. The maximum atomic E-state index is 11.8. The number of nitrogens with one attached hydrogen (secondary N) is 1. The zero-order valence-corrected chi connectivity index (χ0v) is 14.4. The SMILES string of the molecule is COc1cccc(NC(=O)COC(=O)CSc2ccccc2C)c1. The number of ether oxygens (including phenoxy) is 2. The van der Waals surface area contributed by atoms with Gasteiger partial charge in [-0.2, -0.15) is 0 Å². The van der Waals surface area contributed by atoms with Crippen LogP contribution in [0.3, 0.4) is 0 Å². The molecule has 2 aromatic rings. The fourth-order valence-corrected chi connectivity index (χ4v) is 2.77. The number of aryl methyl sites for hydroxylation is 1. The summed E-state index contributed by atoms with van der Waals surface area (Å²) in [5.41, 5.74) is 1.69. The van der Waals surface area contributed by atoms with Gasteiger partial charge < -0.3 is 14.8 Å². The molecule has 1 amide bonds. The van der Waals surface area contributed by atoms with Crippen molar-refractivity contribution in [2.24, 2.45) is 0 Å². The van der Waals surface area contributed by atoms with E-state index >= 15 is 0 Å². The maximum absolute atomic E-state index is 11.8. The fourth-order valence-electron chi connectivity index (χ4n) is 1.94. The van der Waals surface area contributed by atoms with Gasteiger partial charge in [0.1, 0.15) is 5.75 Å². The molecule has 1 N–H and O–H groups in total. The lowest BCUT2D eigenvalue weighted by molar-refractivity contribution is -0.144. The van der Waals surface area contributed by atoms with Gasteiger partial charge in [-0.05, 0) is 30.7 Å². The molecule has 0 aliphatic carbocycles. The largest absolute Gasteiger partial charge is 0.497 e. The van der Waals surface area contributed by atoms with E-state index in [0.717, 1.165) is 10.5 Å². The van der Waals surface area contributed by atoms with Gasteiger partial charge in [0.2, 0.25) is 0 Å². The van der Waals surface area contributed by atoms with Crippen molar-refractivity contribution in [2.75, 3.05) is 24.8 Å². The van der Waals surface area contributed by atoms with Gasteiger partial charge in [0, 0.05) is 16.6 Å². The van der Waals surface area contributed by atoms with Crippen LogP contribution in [0.5, 0.6) is 5.75 Å². The van der Waals surface area contributed by atoms with Gasteiger partial charge in [-0.1, -0.05) is 24.3 Å². The minimum atomic E-state index is -0.427. The summed E-state index contributed by atoms with van der Waals surface area (Å²) in [6, 6.07) is 14.8. The number of esters is 1. The van der Waals surface area contributed by atoms with Crippen molar-refractivity contribution in [3.05, 3.63) is 54.1 Å². The third-order valence-corrected chi connectivity index (χ3v) is 4.31. The normalized spacial score (nSPS) is 10.1. The highest BCUT2D eigenvalue weighted by atomic mass is 32.2. The maximum Gasteiger partial charge on any atom is 0.316 e. The molecule has 0 aliphatic heterocycles. The van der Waals surface area contributed by atoms with Crippen LogP contribution >= 0.6 is 11.8 Å². The Morgan fingerprint density at radius 3 is 2.67 bits per heavy atom. The highest BCUT2D eigenvalue weighted by molar-refractivity contribution is 8.00. The van der Waals surface area contributed by atoms with Gasteiger partial charge in [0.05, 0.1) is 12.9 Å². The van der Waals surface area contributed by atoms with E-state index in [1.807, 2.05) is 31.2 Å². The summed E-state index contributed by atoms with van der Waals surface area (Å²) in [6.07, 6.45) is 0. The summed E-state index contributed by atoms with van der Waals surface area (Å²) in [6.45, 7) is 1.67. The molecule has 24 heavy (non-hydrogen) atoms. The second kappa shape index (κ2) is 8.98. The number of carbonyl (C=O) groups excluding carboxylic acids is 2. The lowest BCUT2D eigenvalue weighted by atomic mass is 10.2. The molecule has 0 saturated heterocycles. The monoisotopic (exact) mass is 345 g/mol. The first kappa shape index (κ1) is 17.9. The van der Waals surface area contributed by atoms with Crippen molar-refractivity contribution in [2.45, 2.75) is 11.8 Å². The van der Waals surface area contributed by atoms with Gasteiger partial charge in [-0.15, -0.1) is 11.8 Å². The molecular formula is C18H19NO4S. The van der Waals surface area contributed by atoms with Crippen LogP contribution in [0.1, 0.15) is 5.56 Å². The second-order valence-electron chi connectivity index (χ2n) is 4.99. The van der Waals surface area contributed by atoms with E-state index < -0.39 is 11.9 Å². The van der Waals surface area contributed by atoms with Gasteiger partial charge in [0.25, 0.3) is 5.91 Å². The number of thioether (sulfide) groups is 1. The molecule has 126 valence electrons. The van der Waals surface area contributed by atoms with E-state index in [0.29, 0.717) is 11.4 Å². The van der Waals surface area contributed by atoms with Crippen molar-refractivity contribution < 1.29 is 19.1 Å². The van der Waals surface area contributed by atoms with Crippen LogP contribution < -0.4 is 10.1 Å². The zero-order valence-electron chi connectivity index (χ0n) is 13.6. The molecule has 0 saturated carbocycles. The zero-order chi connectivity index (χ0) is 17.4. The number of amides is 1. The summed E-state index contributed by atoms with van der Waals surface area (Å²) >= 11 is 1.39. The average Bonchev–Trinajstić information content (AvgIpc) is 2.59. The molecule has 0 fully saturated rings. The molecule has 0 radical (unpaired) electrons. The number of methoxy groups -OCH3 is 1. The van der Waals surface area contributed by atoms with Gasteiger partial charge in [0.15, 0.2) is 6.61 Å². The molecule has 5 nitrogen and oxygen atoms in total. The molecule has 6 heteroatoms. The van der Waals surface area contributed by atoms with Gasteiger partial charge >= 0.3 is 5.97 Å². The van der Waals surface area contributed by atoms with E-state index in [2.05, 4.69) is 5.32 Å². The number of carbonyl (C=O) groups is 2. The summed E-state index contributed by atoms with van der Waals surface area (Å²) < 4.78 is 10.1. The summed E-state index contributed by atoms with van der Waals surface area (Å²) in [5, 5.41) is 2.65. The third kappa shape index (κ3) is 5.62. The molecule has 2 aromatic carbocycles. The summed E-state index contributed by atoms with van der Waals surface area (Å²) in [7, 11) is 1.55. The molecule has 0 atom stereocenters. The number of benzene rings is 2. The van der Waals surface area contributed by atoms with E-state index in [4.69, 9.17) is 9.47 Å². The number of anilines is 1. The summed E-state index contributed by atoms with van der Waals surface area (Å²) in [5.74, 6) is -0.0157. The van der Waals surface area contributed by atoms with E-state index in [1.165, 1.54) is 11.8 Å². The van der Waals surface area contributed by atoms with Crippen LogP contribution in [0.2, 0.25) is 0 Å². The van der Waals surface area contributed by atoms with Crippen molar-refractivity contribution in [3.8, 4) is 5.75 Å². The molecule has 0 spiro atoms. The first-order valence-corrected chi connectivity index (χ1v) is 8.35. The molecule has 2 rings (SSSR count). The third-order valence-electron chi connectivity index (χ3n) is 3.16. The Labute approximate surface area is 145 Å². The standard InChI is InChI=1S/C18H19NO4S/c1-13-6-3-4-9-16(13)24-12-18(21)23-11-17(20)19-14-7-5-8-15(10-14)22-2/h3-10H,11-12H2,1-2H3,(H,19,20). The molecule has 0 bridgehead atoms. The van der Waals surface area contributed by atoms with E-state index in [1.54, 1.807) is 31.4 Å². The Morgan fingerprint density at radius 1 is 1.12 bits per heavy atom. The fraction of sp³-hybridized carbons (Fsp3) is 0.222. The van der Waals surface area contributed by atoms with Crippen molar-refractivity contribution >= 4 is 29.3 Å². The van der Waals surface area contributed by atoms with Gasteiger partial charge in [-0.25, -0.2) is 0 Å². The Morgan fingerprint density at radius 2 is 1.92 bits per heavy atom. The minimum absolute atomic E-state index is 0.164. The quantitative estimate of drug-likeness (QED) is 0.616. The first-order valence-electron chi connectivity index (χ1n) is 7.36. The molecule has 0 unspecified atom stereocenters. The van der Waals surface area contributed by atoms with Crippen molar-refractivity contribution in [3.63, 3.8) is 0 Å². The van der Waals surface area contributed by atoms with Crippen LogP contribution in [-0.2, 0) is 14.3 Å². The van der Waals surface area contributed by atoms with E-state index in [9.17, 15) is 9.59 Å². The molecule has 0 heterocycles. The topological polar surface area (TPSA) is 64.6 Å². The predicted octanol–water partition coefficient (Wildman–Crippen LogP) is 3.28. The summed E-state index contributed by atoms with van der Waals surface area (Å²) in [4.78, 5) is 24.6. The van der Waals surface area contributed by atoms with Crippen LogP contribution in [0.4, 0.5) is 5.69 Å². The molecule has 0 aromatic heterocycles. The first-order chi connectivity index (χ1) is 11.6. The minimum Gasteiger partial charge on any atom is -0.497 e. The molecule has 0 aliphatic rings. The van der Waals surface area contributed by atoms with Crippen molar-refractivity contribution in [1.29, 1.82) is 0 Å². The van der Waals surface area contributed by atoms with Crippen LogP contribution in [-0.4, -0.2) is 31.3 Å². The smallest absolute Gasteiger partial charge is 0.316 e. The number of hydrogen-bond donors (Lipinski definition) is 1. The predicted molar refractivity (Wildman–Crippen MR) is 94.5 cm³/mol. The van der Waals surface area contributed by atoms with E-state index in [-0.39, 0.29) is 12.4 Å². The molecular weight excluding hydrogens is 326 g/mol. The Bertz CT molecular complexity index is 718. The Hall–Kier alpha value is -2.47. The second-order valence-corrected chi connectivity index (χ2v) is 6.01. The Kier molecular flexibility index (Phi) is 6.69. The lowest BCUT2D eigenvalue weighted by Gasteiger charge is -2.08. The van der Waals surface area contributed by atoms with Crippen LogP contribution in [0.15, 0.2) is 53.4 Å². The Balaban J connectivity index is 1.75. The van der Waals surface area contributed by atoms with Crippen LogP contribution in [0.25, 0.3) is 0 Å². The highest BCUT2D eigenvalue weighted by Gasteiger charge is 2.09. The number of hydrogen-bond acceptors (Lipinski definition) is 5. The van der Waals surface area contributed by atoms with Crippen molar-refractivity contribution in [1.82, 2.24) is 0 Å². The van der Waals surface area contributed by atoms with Crippen LogP contribution in [0, 0.1) is 6.92 Å².